The topological polar surface area (TPSA) is 41.6 Å². The van der Waals surface area contributed by atoms with Crippen molar-refractivity contribution in [3.63, 3.8) is 0 Å². The summed E-state index contributed by atoms with van der Waals surface area (Å²) >= 11 is 2.32. The number of likely N-dealkylation sites (tertiary alicyclic amines) is 1. The van der Waals surface area contributed by atoms with Crippen LogP contribution in [0.3, 0.4) is 0 Å². The van der Waals surface area contributed by atoms with Crippen LogP contribution < -0.4 is 5.32 Å². The number of hydrogen-bond donors (Lipinski definition) is 1. The van der Waals surface area contributed by atoms with Crippen LogP contribution in [-0.4, -0.2) is 35.7 Å². The Balaban J connectivity index is 1.83. The van der Waals surface area contributed by atoms with E-state index >= 15 is 0 Å². The number of nitrogens with one attached hydrogen (secondary N) is 1. The highest BCUT2D eigenvalue weighted by atomic mass is 127. The summed E-state index contributed by atoms with van der Waals surface area (Å²) in [5.74, 6) is 0. The molecule has 1 aromatic carbocycles. The summed E-state index contributed by atoms with van der Waals surface area (Å²) in [4.78, 5) is 14.2. The Labute approximate surface area is 146 Å². The lowest BCUT2D eigenvalue weighted by atomic mass is 10.2. The zero-order valence-corrected chi connectivity index (χ0v) is 15.7. The second kappa shape index (κ2) is 7.64. The molecular formula is C17H25IN2O2. The molecule has 1 aliphatic rings. The first-order chi connectivity index (χ1) is 10.3. The van der Waals surface area contributed by atoms with Crippen LogP contribution in [0.5, 0.6) is 0 Å². The van der Waals surface area contributed by atoms with E-state index in [1.165, 1.54) is 15.6 Å². The molecule has 5 heteroatoms. The van der Waals surface area contributed by atoms with Gasteiger partial charge in [0.2, 0.25) is 0 Å². The van der Waals surface area contributed by atoms with Gasteiger partial charge < -0.3 is 10.1 Å². The third-order valence-corrected chi connectivity index (χ3v) is 4.40. The molecule has 0 aromatic heterocycles. The molecule has 4 nitrogen and oxygen atoms in total. The number of amides is 1. The maximum absolute atomic E-state index is 11.8. The maximum atomic E-state index is 11.8. The van der Waals surface area contributed by atoms with Gasteiger partial charge in [-0.1, -0.05) is 12.1 Å². The van der Waals surface area contributed by atoms with Gasteiger partial charge in [0.05, 0.1) is 0 Å². The molecule has 22 heavy (non-hydrogen) atoms. The molecule has 0 spiro atoms. The van der Waals surface area contributed by atoms with Crippen LogP contribution in [-0.2, 0) is 11.3 Å². The Morgan fingerprint density at radius 1 is 1.36 bits per heavy atom. The van der Waals surface area contributed by atoms with Gasteiger partial charge in [0, 0.05) is 22.7 Å². The van der Waals surface area contributed by atoms with Crippen LogP contribution >= 0.6 is 22.6 Å². The van der Waals surface area contributed by atoms with Crippen molar-refractivity contribution < 1.29 is 9.53 Å². The summed E-state index contributed by atoms with van der Waals surface area (Å²) in [7, 11) is 0. The monoisotopic (exact) mass is 416 g/mol. The highest BCUT2D eigenvalue weighted by Gasteiger charge is 2.25. The molecule has 0 aliphatic carbocycles. The highest BCUT2D eigenvalue weighted by Crippen LogP contribution is 2.20. The van der Waals surface area contributed by atoms with Crippen LogP contribution in [0.15, 0.2) is 24.3 Å². The van der Waals surface area contributed by atoms with Gasteiger partial charge in [0.25, 0.3) is 0 Å². The first kappa shape index (κ1) is 17.5. The van der Waals surface area contributed by atoms with Gasteiger partial charge in [-0.2, -0.15) is 0 Å². The summed E-state index contributed by atoms with van der Waals surface area (Å²) in [5, 5.41) is 2.90. The molecule has 0 bridgehead atoms. The smallest absolute Gasteiger partial charge is 0.407 e. The Hall–Kier alpha value is -0.820. The number of halogens is 1. The number of ether oxygens (including phenoxy) is 1. The summed E-state index contributed by atoms with van der Waals surface area (Å²) < 4.78 is 6.55. The molecule has 1 heterocycles. The number of nitrogens with zero attached hydrogens (tertiary/aromatic N) is 1. The van der Waals surface area contributed by atoms with Crippen LogP contribution in [0.1, 0.15) is 39.2 Å². The number of hydrogen-bond acceptors (Lipinski definition) is 3. The van der Waals surface area contributed by atoms with E-state index in [-0.39, 0.29) is 6.09 Å². The lowest BCUT2D eigenvalue weighted by Gasteiger charge is -2.26. The van der Waals surface area contributed by atoms with Crippen LogP contribution in [0, 0.1) is 3.57 Å². The van der Waals surface area contributed by atoms with Crippen LogP contribution in [0.4, 0.5) is 4.79 Å². The fraction of sp³-hybridized carbons (Fsp3) is 0.588. The second-order valence-electron chi connectivity index (χ2n) is 6.78. The van der Waals surface area contributed by atoms with Gasteiger partial charge in [-0.3, -0.25) is 4.90 Å². The largest absolute Gasteiger partial charge is 0.444 e. The average Bonchev–Trinajstić information content (AvgIpc) is 2.84. The Morgan fingerprint density at radius 3 is 2.68 bits per heavy atom. The summed E-state index contributed by atoms with van der Waals surface area (Å²) in [5.41, 5.74) is 0.880. The molecule has 1 unspecified atom stereocenters. The number of benzene rings is 1. The van der Waals surface area contributed by atoms with E-state index in [0.29, 0.717) is 12.6 Å². The van der Waals surface area contributed by atoms with E-state index in [4.69, 9.17) is 4.74 Å². The first-order valence-electron chi connectivity index (χ1n) is 7.79. The van der Waals surface area contributed by atoms with E-state index in [2.05, 4.69) is 57.1 Å². The van der Waals surface area contributed by atoms with Crippen molar-refractivity contribution >= 4 is 28.7 Å². The zero-order chi connectivity index (χ0) is 16.2. The van der Waals surface area contributed by atoms with Crippen molar-refractivity contribution in [1.82, 2.24) is 10.2 Å². The number of alkyl carbamates (subject to hydrolysis) is 1. The predicted molar refractivity (Wildman–Crippen MR) is 96.8 cm³/mol. The molecule has 2 rings (SSSR count). The van der Waals surface area contributed by atoms with E-state index in [1.807, 2.05) is 20.8 Å². The average molecular weight is 416 g/mol. The Morgan fingerprint density at radius 2 is 2.05 bits per heavy atom. The quantitative estimate of drug-likeness (QED) is 0.760. The van der Waals surface area contributed by atoms with Crippen molar-refractivity contribution in [3.8, 4) is 0 Å². The third-order valence-electron chi connectivity index (χ3n) is 3.68. The van der Waals surface area contributed by atoms with Crippen molar-refractivity contribution in [2.75, 3.05) is 13.1 Å². The maximum Gasteiger partial charge on any atom is 0.407 e. The minimum absolute atomic E-state index is 0.325. The minimum atomic E-state index is -0.444. The van der Waals surface area contributed by atoms with Gasteiger partial charge >= 0.3 is 6.09 Å². The van der Waals surface area contributed by atoms with Crippen molar-refractivity contribution in [2.45, 2.75) is 51.8 Å². The lowest BCUT2D eigenvalue weighted by molar-refractivity contribution is 0.0512. The van der Waals surface area contributed by atoms with Gasteiger partial charge in [-0.15, -0.1) is 0 Å². The van der Waals surface area contributed by atoms with Gasteiger partial charge in [0.1, 0.15) is 5.60 Å². The summed E-state index contributed by atoms with van der Waals surface area (Å²) in [6.45, 7) is 8.32. The zero-order valence-electron chi connectivity index (χ0n) is 13.6. The fourth-order valence-electron chi connectivity index (χ4n) is 2.67. The SMILES string of the molecule is CC(C)(C)OC(=O)NCC1CCCN1Cc1ccc(I)cc1. The molecule has 1 saturated heterocycles. The highest BCUT2D eigenvalue weighted by molar-refractivity contribution is 14.1. The molecule has 1 aliphatic heterocycles. The Kier molecular flexibility index (Phi) is 6.09. The molecular weight excluding hydrogens is 391 g/mol. The molecule has 1 N–H and O–H groups in total. The normalized spacial score (nSPS) is 19.2. The fourth-order valence-corrected chi connectivity index (χ4v) is 3.03. The van der Waals surface area contributed by atoms with E-state index in [1.54, 1.807) is 0 Å². The molecule has 1 amide bonds. The van der Waals surface area contributed by atoms with Gasteiger partial charge in [-0.05, 0) is 80.4 Å². The van der Waals surface area contributed by atoms with Gasteiger partial charge in [-0.25, -0.2) is 4.79 Å². The van der Waals surface area contributed by atoms with E-state index in [0.717, 1.165) is 19.5 Å². The molecule has 1 aromatic rings. The number of carbonyl (C=O) groups excluding carboxylic acids is 1. The first-order valence-corrected chi connectivity index (χ1v) is 8.87. The second-order valence-corrected chi connectivity index (χ2v) is 8.02. The third kappa shape index (κ3) is 5.76. The number of carbonyl (C=O) groups is 1. The predicted octanol–water partition coefficient (Wildman–Crippen LogP) is 3.78. The van der Waals surface area contributed by atoms with E-state index in [9.17, 15) is 4.79 Å². The van der Waals surface area contributed by atoms with Crippen LogP contribution in [0.2, 0.25) is 0 Å². The van der Waals surface area contributed by atoms with Crippen molar-refractivity contribution in [1.29, 1.82) is 0 Å². The van der Waals surface area contributed by atoms with Gasteiger partial charge in [0.15, 0.2) is 0 Å². The molecule has 122 valence electrons. The van der Waals surface area contributed by atoms with Crippen molar-refractivity contribution in [2.24, 2.45) is 0 Å². The summed E-state index contributed by atoms with van der Waals surface area (Å²) in [6.07, 6.45) is 1.99. The molecule has 0 saturated carbocycles. The number of rotatable bonds is 4. The summed E-state index contributed by atoms with van der Waals surface area (Å²) in [6, 6.07) is 9.03. The minimum Gasteiger partial charge on any atom is -0.444 e. The van der Waals surface area contributed by atoms with Crippen LogP contribution in [0.25, 0.3) is 0 Å². The Bertz CT molecular complexity index is 496. The molecule has 1 atom stereocenters. The van der Waals surface area contributed by atoms with Crippen molar-refractivity contribution in [3.05, 3.63) is 33.4 Å². The standard InChI is InChI=1S/C17H25IN2O2/c1-17(2,3)22-16(21)19-11-15-5-4-10-20(15)12-13-6-8-14(18)9-7-13/h6-9,15H,4-5,10-12H2,1-3H3,(H,19,21). The molecule has 0 radical (unpaired) electrons. The van der Waals surface area contributed by atoms with E-state index < -0.39 is 5.60 Å². The lowest BCUT2D eigenvalue weighted by Crippen LogP contribution is -2.41. The molecule has 1 fully saturated rings.